The number of nitrogens with two attached hydrogens (primary N) is 1. The van der Waals surface area contributed by atoms with E-state index in [4.69, 9.17) is 5.73 Å². The molecular formula is C11H13F4N. The second-order valence-electron chi connectivity index (χ2n) is 3.81. The minimum atomic E-state index is -4.45. The largest absolute Gasteiger partial charge is 0.416 e. The molecule has 1 aromatic rings. The molecule has 0 spiro atoms. The SMILES string of the molecule is CC(F)(CCN)c1cccc(C(F)(F)F)c1. The summed E-state index contributed by atoms with van der Waals surface area (Å²) < 4.78 is 51.1. The first kappa shape index (κ1) is 13.0. The van der Waals surface area contributed by atoms with Gasteiger partial charge in [-0.25, -0.2) is 4.39 Å². The molecule has 0 saturated heterocycles. The molecule has 0 aromatic heterocycles. The summed E-state index contributed by atoms with van der Waals surface area (Å²) in [6, 6.07) is 4.29. The molecule has 1 nitrogen and oxygen atoms in total. The van der Waals surface area contributed by atoms with Crippen LogP contribution in [0.3, 0.4) is 0 Å². The van der Waals surface area contributed by atoms with E-state index in [1.807, 2.05) is 0 Å². The lowest BCUT2D eigenvalue weighted by Gasteiger charge is -2.21. The van der Waals surface area contributed by atoms with E-state index in [-0.39, 0.29) is 18.5 Å². The fourth-order valence-electron chi connectivity index (χ4n) is 1.44. The zero-order chi connectivity index (χ0) is 12.4. The summed E-state index contributed by atoms with van der Waals surface area (Å²) >= 11 is 0. The monoisotopic (exact) mass is 235 g/mol. The Kier molecular flexibility index (Phi) is 3.57. The normalized spacial score (nSPS) is 15.9. The molecule has 0 saturated carbocycles. The maximum Gasteiger partial charge on any atom is 0.416 e. The quantitative estimate of drug-likeness (QED) is 0.800. The molecule has 2 N–H and O–H groups in total. The lowest BCUT2D eigenvalue weighted by Crippen LogP contribution is -2.20. The van der Waals surface area contributed by atoms with Crippen molar-refractivity contribution in [2.24, 2.45) is 5.73 Å². The smallest absolute Gasteiger partial charge is 0.330 e. The number of hydrogen-bond acceptors (Lipinski definition) is 1. The van der Waals surface area contributed by atoms with Crippen LogP contribution in [0, 0.1) is 0 Å². The Morgan fingerprint density at radius 2 is 1.69 bits per heavy atom. The Hall–Kier alpha value is -1.10. The summed E-state index contributed by atoms with van der Waals surface area (Å²) in [5.41, 5.74) is 2.56. The third-order valence-electron chi connectivity index (χ3n) is 2.41. The molecule has 0 bridgehead atoms. The average Bonchev–Trinajstić information content (AvgIpc) is 2.16. The topological polar surface area (TPSA) is 26.0 Å². The molecule has 0 fully saturated rings. The van der Waals surface area contributed by atoms with E-state index in [9.17, 15) is 17.6 Å². The van der Waals surface area contributed by atoms with Gasteiger partial charge in [0.25, 0.3) is 0 Å². The maximum atomic E-state index is 13.9. The molecule has 5 heteroatoms. The van der Waals surface area contributed by atoms with Crippen LogP contribution >= 0.6 is 0 Å². The zero-order valence-corrected chi connectivity index (χ0v) is 8.81. The Morgan fingerprint density at radius 3 is 2.19 bits per heavy atom. The van der Waals surface area contributed by atoms with Gasteiger partial charge in [0.15, 0.2) is 0 Å². The Labute approximate surface area is 91.3 Å². The summed E-state index contributed by atoms with van der Waals surface area (Å²) in [7, 11) is 0. The molecule has 0 radical (unpaired) electrons. The summed E-state index contributed by atoms with van der Waals surface area (Å²) in [6.45, 7) is 1.32. The second kappa shape index (κ2) is 4.41. The van der Waals surface area contributed by atoms with Crippen LogP contribution in [-0.2, 0) is 11.8 Å². The fourth-order valence-corrected chi connectivity index (χ4v) is 1.44. The molecule has 1 unspecified atom stereocenters. The van der Waals surface area contributed by atoms with Crippen LogP contribution in [0.5, 0.6) is 0 Å². The van der Waals surface area contributed by atoms with Crippen LogP contribution < -0.4 is 5.73 Å². The molecule has 1 atom stereocenters. The molecule has 0 aliphatic carbocycles. The van der Waals surface area contributed by atoms with Crippen LogP contribution in [0.1, 0.15) is 24.5 Å². The number of rotatable bonds is 3. The van der Waals surface area contributed by atoms with E-state index in [2.05, 4.69) is 0 Å². The first-order valence-electron chi connectivity index (χ1n) is 4.84. The van der Waals surface area contributed by atoms with Crippen molar-refractivity contribution in [1.82, 2.24) is 0 Å². The van der Waals surface area contributed by atoms with Gasteiger partial charge in [-0.05, 0) is 37.6 Å². The minimum absolute atomic E-state index is 0.00564. The molecule has 0 amide bonds. The van der Waals surface area contributed by atoms with Crippen molar-refractivity contribution in [2.75, 3.05) is 6.54 Å². The van der Waals surface area contributed by atoms with Crippen molar-refractivity contribution in [3.05, 3.63) is 35.4 Å². The van der Waals surface area contributed by atoms with Gasteiger partial charge in [0.05, 0.1) is 5.56 Å². The van der Waals surface area contributed by atoms with E-state index in [0.717, 1.165) is 12.1 Å². The highest BCUT2D eigenvalue weighted by Crippen LogP contribution is 2.34. The number of halogens is 4. The van der Waals surface area contributed by atoms with Gasteiger partial charge in [-0.3, -0.25) is 0 Å². The van der Waals surface area contributed by atoms with E-state index >= 15 is 0 Å². The van der Waals surface area contributed by atoms with Gasteiger partial charge in [-0.2, -0.15) is 13.2 Å². The molecule has 1 aromatic carbocycles. The number of benzene rings is 1. The van der Waals surface area contributed by atoms with Gasteiger partial charge in [0.2, 0.25) is 0 Å². The third kappa shape index (κ3) is 2.95. The van der Waals surface area contributed by atoms with Crippen LogP contribution in [0.15, 0.2) is 24.3 Å². The van der Waals surface area contributed by atoms with Crippen molar-refractivity contribution < 1.29 is 17.6 Å². The minimum Gasteiger partial charge on any atom is -0.330 e. The van der Waals surface area contributed by atoms with Gasteiger partial charge in [-0.15, -0.1) is 0 Å². The van der Waals surface area contributed by atoms with E-state index in [1.54, 1.807) is 0 Å². The molecule has 1 rings (SSSR count). The second-order valence-corrected chi connectivity index (χ2v) is 3.81. The van der Waals surface area contributed by atoms with Crippen molar-refractivity contribution in [3.63, 3.8) is 0 Å². The molecule has 0 aliphatic rings. The van der Waals surface area contributed by atoms with Crippen LogP contribution in [-0.4, -0.2) is 6.54 Å². The maximum absolute atomic E-state index is 13.9. The highest BCUT2D eigenvalue weighted by atomic mass is 19.4. The lowest BCUT2D eigenvalue weighted by molar-refractivity contribution is -0.137. The highest BCUT2D eigenvalue weighted by molar-refractivity contribution is 5.29. The van der Waals surface area contributed by atoms with Crippen LogP contribution in [0.4, 0.5) is 17.6 Å². The molecule has 0 heterocycles. The summed E-state index contributed by atoms with van der Waals surface area (Å²) in [6.07, 6.45) is -4.46. The Bertz CT molecular complexity index is 357. The van der Waals surface area contributed by atoms with Crippen LogP contribution in [0.2, 0.25) is 0 Å². The van der Waals surface area contributed by atoms with Gasteiger partial charge >= 0.3 is 6.18 Å². The standard InChI is InChI=1S/C11H13F4N/c1-10(12,5-6-16)8-3-2-4-9(7-8)11(13,14)15/h2-4,7H,5-6,16H2,1H3. The molecule has 90 valence electrons. The summed E-state index contributed by atoms with van der Waals surface area (Å²) in [5.74, 6) is 0. The number of alkyl halides is 4. The molecular weight excluding hydrogens is 222 g/mol. The zero-order valence-electron chi connectivity index (χ0n) is 8.81. The summed E-state index contributed by atoms with van der Waals surface area (Å²) in [4.78, 5) is 0. The van der Waals surface area contributed by atoms with Gasteiger partial charge < -0.3 is 5.73 Å². The van der Waals surface area contributed by atoms with Crippen molar-refractivity contribution in [1.29, 1.82) is 0 Å². The average molecular weight is 235 g/mol. The Morgan fingerprint density at radius 1 is 1.12 bits per heavy atom. The van der Waals surface area contributed by atoms with Crippen molar-refractivity contribution in [2.45, 2.75) is 25.2 Å². The number of hydrogen-bond donors (Lipinski definition) is 1. The van der Waals surface area contributed by atoms with Crippen molar-refractivity contribution in [3.8, 4) is 0 Å². The summed E-state index contributed by atoms with van der Waals surface area (Å²) in [5, 5.41) is 0. The van der Waals surface area contributed by atoms with Gasteiger partial charge in [0, 0.05) is 0 Å². The van der Waals surface area contributed by atoms with Crippen molar-refractivity contribution >= 4 is 0 Å². The third-order valence-corrected chi connectivity index (χ3v) is 2.41. The first-order chi connectivity index (χ1) is 7.27. The van der Waals surface area contributed by atoms with E-state index in [1.165, 1.54) is 19.1 Å². The molecule has 0 aliphatic heterocycles. The van der Waals surface area contributed by atoms with E-state index < -0.39 is 17.4 Å². The van der Waals surface area contributed by atoms with E-state index in [0.29, 0.717) is 0 Å². The predicted molar refractivity (Wildman–Crippen MR) is 53.6 cm³/mol. The highest BCUT2D eigenvalue weighted by Gasteiger charge is 2.33. The Balaban J connectivity index is 3.08. The van der Waals surface area contributed by atoms with Gasteiger partial charge in [0.1, 0.15) is 5.67 Å². The predicted octanol–water partition coefficient (Wildman–Crippen LogP) is 3.24. The van der Waals surface area contributed by atoms with Gasteiger partial charge in [-0.1, -0.05) is 12.1 Å². The van der Waals surface area contributed by atoms with Crippen LogP contribution in [0.25, 0.3) is 0 Å². The molecule has 16 heavy (non-hydrogen) atoms. The fraction of sp³-hybridized carbons (Fsp3) is 0.455. The first-order valence-corrected chi connectivity index (χ1v) is 4.84. The lowest BCUT2D eigenvalue weighted by atomic mass is 9.93.